The first-order valence-corrected chi connectivity index (χ1v) is 11.1. The summed E-state index contributed by atoms with van der Waals surface area (Å²) >= 11 is 0. The van der Waals surface area contributed by atoms with Gasteiger partial charge in [-0.2, -0.15) is 14.7 Å². The number of nitrogens with zero attached hydrogens (tertiary/aromatic N) is 4. The molecule has 1 aromatic heterocycles. The molecule has 154 valence electrons. The van der Waals surface area contributed by atoms with Crippen LogP contribution in [0.5, 0.6) is 0 Å². The van der Waals surface area contributed by atoms with E-state index in [9.17, 15) is 8.42 Å². The average Bonchev–Trinajstić information content (AvgIpc) is 3.24. The molecule has 0 bridgehead atoms. The molecule has 4 aromatic rings. The van der Waals surface area contributed by atoms with Crippen molar-refractivity contribution in [1.82, 2.24) is 14.1 Å². The number of nitriles is 1. The van der Waals surface area contributed by atoms with Crippen LogP contribution in [-0.4, -0.2) is 29.6 Å². The molecule has 0 saturated carbocycles. The van der Waals surface area contributed by atoms with Crippen molar-refractivity contribution in [3.8, 4) is 23.0 Å². The van der Waals surface area contributed by atoms with Crippen LogP contribution in [0, 0.1) is 11.3 Å². The Morgan fingerprint density at radius 2 is 1.65 bits per heavy atom. The van der Waals surface area contributed by atoms with Crippen molar-refractivity contribution in [1.29, 1.82) is 5.26 Å². The van der Waals surface area contributed by atoms with Gasteiger partial charge < -0.3 is 0 Å². The summed E-state index contributed by atoms with van der Waals surface area (Å²) in [5, 5.41) is 13.8. The molecule has 0 radical (unpaired) electrons. The number of para-hydroxylation sites is 1. The molecule has 0 aliphatic rings. The van der Waals surface area contributed by atoms with Crippen molar-refractivity contribution < 1.29 is 8.42 Å². The van der Waals surface area contributed by atoms with Gasteiger partial charge in [-0.05, 0) is 30.3 Å². The van der Waals surface area contributed by atoms with Gasteiger partial charge in [-0.1, -0.05) is 54.6 Å². The standard InChI is InChI=1S/C24H20N4O2S/c1-27(31(29,30)23-14-8-9-19(15-23)16-25)17-21-18-28(22-12-6-3-7-13-22)26-24(21)20-10-4-2-5-11-20/h2-15,18H,17H2,1H3. The maximum absolute atomic E-state index is 13.1. The molecule has 1 heterocycles. The first-order valence-electron chi connectivity index (χ1n) is 9.65. The minimum atomic E-state index is -3.78. The Bertz CT molecular complexity index is 1340. The molecule has 0 fully saturated rings. The lowest BCUT2D eigenvalue weighted by atomic mass is 10.1. The van der Waals surface area contributed by atoms with Crippen LogP contribution in [-0.2, 0) is 16.6 Å². The Labute approximate surface area is 181 Å². The third kappa shape index (κ3) is 4.26. The van der Waals surface area contributed by atoms with E-state index in [0.717, 1.165) is 22.5 Å². The third-order valence-electron chi connectivity index (χ3n) is 4.92. The van der Waals surface area contributed by atoms with Gasteiger partial charge in [-0.15, -0.1) is 0 Å². The highest BCUT2D eigenvalue weighted by molar-refractivity contribution is 7.89. The highest BCUT2D eigenvalue weighted by Crippen LogP contribution is 2.26. The van der Waals surface area contributed by atoms with Crippen LogP contribution in [0.25, 0.3) is 16.9 Å². The molecule has 3 aromatic carbocycles. The summed E-state index contributed by atoms with van der Waals surface area (Å²) in [5.74, 6) is 0. The van der Waals surface area contributed by atoms with Crippen molar-refractivity contribution >= 4 is 10.0 Å². The fourth-order valence-corrected chi connectivity index (χ4v) is 4.50. The van der Waals surface area contributed by atoms with Crippen molar-refractivity contribution in [3.05, 3.63) is 102 Å². The second-order valence-corrected chi connectivity index (χ2v) is 9.09. The zero-order valence-electron chi connectivity index (χ0n) is 16.9. The quantitative estimate of drug-likeness (QED) is 0.460. The zero-order valence-corrected chi connectivity index (χ0v) is 17.7. The fourth-order valence-electron chi connectivity index (χ4n) is 3.31. The van der Waals surface area contributed by atoms with Crippen LogP contribution in [0.1, 0.15) is 11.1 Å². The zero-order chi connectivity index (χ0) is 21.8. The van der Waals surface area contributed by atoms with Crippen molar-refractivity contribution in [2.45, 2.75) is 11.4 Å². The van der Waals surface area contributed by atoms with Gasteiger partial charge >= 0.3 is 0 Å². The molecule has 0 spiro atoms. The third-order valence-corrected chi connectivity index (χ3v) is 6.72. The van der Waals surface area contributed by atoms with E-state index in [4.69, 9.17) is 10.4 Å². The molecule has 0 amide bonds. The predicted octanol–water partition coefficient (Wildman–Crippen LogP) is 4.23. The van der Waals surface area contributed by atoms with Gasteiger partial charge in [0.25, 0.3) is 0 Å². The van der Waals surface area contributed by atoms with E-state index in [1.165, 1.54) is 23.5 Å². The second kappa shape index (κ2) is 8.56. The van der Waals surface area contributed by atoms with Crippen LogP contribution >= 0.6 is 0 Å². The van der Waals surface area contributed by atoms with Gasteiger partial charge in [0.15, 0.2) is 0 Å². The van der Waals surface area contributed by atoms with Crippen LogP contribution in [0.4, 0.5) is 0 Å². The molecule has 0 saturated heterocycles. The lowest BCUT2D eigenvalue weighted by Crippen LogP contribution is -2.26. The van der Waals surface area contributed by atoms with E-state index < -0.39 is 10.0 Å². The molecular weight excluding hydrogens is 408 g/mol. The topological polar surface area (TPSA) is 79.0 Å². The van der Waals surface area contributed by atoms with Gasteiger partial charge in [0, 0.05) is 30.9 Å². The Hall–Kier alpha value is -3.73. The van der Waals surface area contributed by atoms with Gasteiger partial charge in [0.2, 0.25) is 10.0 Å². The summed E-state index contributed by atoms with van der Waals surface area (Å²) in [5.41, 5.74) is 3.59. The molecule has 0 aliphatic carbocycles. The average molecular weight is 429 g/mol. The SMILES string of the molecule is CN(Cc1cn(-c2ccccc2)nc1-c1ccccc1)S(=O)(=O)c1cccc(C#N)c1. The minimum Gasteiger partial charge on any atom is -0.240 e. The van der Waals surface area contributed by atoms with Crippen molar-refractivity contribution in [2.24, 2.45) is 0 Å². The minimum absolute atomic E-state index is 0.0887. The van der Waals surface area contributed by atoms with Gasteiger partial charge in [-0.3, -0.25) is 0 Å². The maximum atomic E-state index is 13.1. The lowest BCUT2D eigenvalue weighted by Gasteiger charge is -2.17. The molecule has 0 atom stereocenters. The molecule has 6 nitrogen and oxygen atoms in total. The first-order chi connectivity index (χ1) is 15.0. The summed E-state index contributed by atoms with van der Waals surface area (Å²) in [7, 11) is -2.25. The first kappa shape index (κ1) is 20.5. The van der Waals surface area contributed by atoms with E-state index in [1.807, 2.05) is 72.9 Å². The molecule has 31 heavy (non-hydrogen) atoms. The van der Waals surface area contributed by atoms with Gasteiger partial charge in [0.1, 0.15) is 0 Å². The largest absolute Gasteiger partial charge is 0.243 e. The Morgan fingerprint density at radius 1 is 0.968 bits per heavy atom. The molecule has 7 heteroatoms. The normalized spacial score (nSPS) is 11.4. The Morgan fingerprint density at radius 3 is 2.32 bits per heavy atom. The number of hydrogen-bond donors (Lipinski definition) is 0. The van der Waals surface area contributed by atoms with E-state index in [-0.39, 0.29) is 11.4 Å². The maximum Gasteiger partial charge on any atom is 0.243 e. The number of benzene rings is 3. The highest BCUT2D eigenvalue weighted by Gasteiger charge is 2.24. The summed E-state index contributed by atoms with van der Waals surface area (Å²) in [4.78, 5) is 0.0887. The number of sulfonamides is 1. The monoisotopic (exact) mass is 428 g/mol. The summed E-state index contributed by atoms with van der Waals surface area (Å²) in [6, 6.07) is 27.4. The predicted molar refractivity (Wildman–Crippen MR) is 119 cm³/mol. The van der Waals surface area contributed by atoms with Crippen LogP contribution < -0.4 is 0 Å². The van der Waals surface area contributed by atoms with E-state index in [0.29, 0.717) is 5.56 Å². The fraction of sp³-hybridized carbons (Fsp3) is 0.0833. The smallest absolute Gasteiger partial charge is 0.240 e. The van der Waals surface area contributed by atoms with Crippen molar-refractivity contribution in [3.63, 3.8) is 0 Å². The van der Waals surface area contributed by atoms with E-state index in [2.05, 4.69) is 0 Å². The van der Waals surface area contributed by atoms with Crippen LogP contribution in [0.3, 0.4) is 0 Å². The molecular formula is C24H20N4O2S. The highest BCUT2D eigenvalue weighted by atomic mass is 32.2. The van der Waals surface area contributed by atoms with Crippen molar-refractivity contribution in [2.75, 3.05) is 7.05 Å². The Kier molecular flexibility index (Phi) is 5.67. The summed E-state index contributed by atoms with van der Waals surface area (Å²) in [6.45, 7) is 0.135. The summed E-state index contributed by atoms with van der Waals surface area (Å²) < 4.78 is 29.3. The second-order valence-electron chi connectivity index (χ2n) is 7.05. The Balaban J connectivity index is 1.73. The van der Waals surface area contributed by atoms with E-state index >= 15 is 0 Å². The van der Waals surface area contributed by atoms with Gasteiger partial charge in [0.05, 0.1) is 27.9 Å². The van der Waals surface area contributed by atoms with Gasteiger partial charge in [-0.25, -0.2) is 13.1 Å². The lowest BCUT2D eigenvalue weighted by molar-refractivity contribution is 0.467. The number of aromatic nitrogens is 2. The van der Waals surface area contributed by atoms with E-state index in [1.54, 1.807) is 16.8 Å². The molecule has 0 N–H and O–H groups in total. The molecule has 0 aliphatic heterocycles. The number of hydrogen-bond acceptors (Lipinski definition) is 4. The molecule has 4 rings (SSSR count). The van der Waals surface area contributed by atoms with Crippen LogP contribution in [0.15, 0.2) is 96.0 Å². The van der Waals surface area contributed by atoms with Crippen LogP contribution in [0.2, 0.25) is 0 Å². The number of rotatable bonds is 6. The molecule has 0 unspecified atom stereocenters. The summed E-state index contributed by atoms with van der Waals surface area (Å²) in [6.07, 6.45) is 1.86.